The van der Waals surface area contributed by atoms with Crippen molar-refractivity contribution in [2.75, 3.05) is 5.32 Å². The highest BCUT2D eigenvalue weighted by molar-refractivity contribution is 9.10. The smallest absolute Gasteiger partial charge is 0.322 e. The fraction of sp³-hybridized carbons (Fsp3) is 0.0714. The second kappa shape index (κ2) is 6.19. The van der Waals surface area contributed by atoms with Crippen LogP contribution in [0, 0.1) is 0 Å². The molecule has 0 atom stereocenters. The van der Waals surface area contributed by atoms with Gasteiger partial charge in [-0.05, 0) is 29.6 Å². The van der Waals surface area contributed by atoms with E-state index in [9.17, 15) is 4.79 Å². The number of benzene rings is 1. The molecule has 106 valence electrons. The van der Waals surface area contributed by atoms with Gasteiger partial charge in [0.15, 0.2) is 0 Å². The zero-order chi connectivity index (χ0) is 14.7. The molecule has 2 heterocycles. The Morgan fingerprint density at radius 3 is 2.95 bits per heavy atom. The monoisotopic (exact) mass is 363 g/mol. The van der Waals surface area contributed by atoms with Crippen LogP contribution in [0.3, 0.4) is 0 Å². The van der Waals surface area contributed by atoms with Gasteiger partial charge in [0.2, 0.25) is 11.8 Å². The Labute approximate surface area is 133 Å². The topological polar surface area (TPSA) is 68.0 Å². The number of nitrogens with zero attached hydrogens (tertiary/aromatic N) is 2. The normalized spacial score (nSPS) is 10.5. The molecule has 0 bridgehead atoms. The first kappa shape index (κ1) is 14.0. The number of aromatic nitrogens is 2. The minimum Gasteiger partial charge on any atom is -0.403 e. The molecule has 5 nitrogen and oxygen atoms in total. The summed E-state index contributed by atoms with van der Waals surface area (Å²) in [7, 11) is 0. The minimum atomic E-state index is -0.179. The number of halogens is 1. The molecule has 0 saturated heterocycles. The Balaban J connectivity index is 1.69. The summed E-state index contributed by atoms with van der Waals surface area (Å²) in [6, 6.07) is 11.4. The van der Waals surface area contributed by atoms with Gasteiger partial charge in [-0.25, -0.2) is 0 Å². The predicted octanol–water partition coefficient (Wildman–Crippen LogP) is 3.74. The summed E-state index contributed by atoms with van der Waals surface area (Å²) < 4.78 is 6.36. The molecular formula is C14H10BrN3O2S. The van der Waals surface area contributed by atoms with Crippen LogP contribution >= 0.6 is 27.3 Å². The van der Waals surface area contributed by atoms with Gasteiger partial charge in [0.25, 0.3) is 0 Å². The number of carbonyl (C=O) groups is 1. The van der Waals surface area contributed by atoms with Crippen molar-refractivity contribution in [2.24, 2.45) is 0 Å². The average molecular weight is 364 g/mol. The molecule has 3 aromatic rings. The molecule has 1 amide bonds. The molecule has 0 spiro atoms. The van der Waals surface area contributed by atoms with Crippen LogP contribution in [0.2, 0.25) is 0 Å². The first-order valence-corrected chi connectivity index (χ1v) is 7.79. The highest BCUT2D eigenvalue weighted by atomic mass is 79.9. The summed E-state index contributed by atoms with van der Waals surface area (Å²) in [6.07, 6.45) is 0.298. The molecule has 1 aromatic carbocycles. The van der Waals surface area contributed by atoms with Crippen molar-refractivity contribution in [1.82, 2.24) is 10.2 Å². The predicted molar refractivity (Wildman–Crippen MR) is 84.1 cm³/mol. The van der Waals surface area contributed by atoms with Crippen LogP contribution in [0.15, 0.2) is 50.7 Å². The quantitative estimate of drug-likeness (QED) is 0.766. The standard InChI is InChI=1S/C14H10BrN3O2S/c15-10-4-1-3-9(7-10)13-17-18-14(20-13)16-12(19)8-11-5-2-6-21-11/h1-7H,8H2,(H,16,18,19). The van der Waals surface area contributed by atoms with Crippen molar-refractivity contribution < 1.29 is 9.21 Å². The second-order valence-corrected chi connectivity index (χ2v) is 6.17. The van der Waals surface area contributed by atoms with Gasteiger partial charge in [0.1, 0.15) is 0 Å². The molecule has 1 N–H and O–H groups in total. The lowest BCUT2D eigenvalue weighted by Gasteiger charge is -1.98. The van der Waals surface area contributed by atoms with Gasteiger partial charge in [-0.15, -0.1) is 16.4 Å². The first-order valence-electron chi connectivity index (χ1n) is 6.12. The molecule has 0 aliphatic heterocycles. The second-order valence-electron chi connectivity index (χ2n) is 4.23. The van der Waals surface area contributed by atoms with E-state index in [-0.39, 0.29) is 11.9 Å². The molecule has 0 fully saturated rings. The lowest BCUT2D eigenvalue weighted by molar-refractivity contribution is -0.115. The van der Waals surface area contributed by atoms with E-state index in [4.69, 9.17) is 4.42 Å². The number of rotatable bonds is 4. The first-order chi connectivity index (χ1) is 10.2. The number of anilines is 1. The van der Waals surface area contributed by atoms with Gasteiger partial charge < -0.3 is 4.42 Å². The van der Waals surface area contributed by atoms with E-state index in [2.05, 4.69) is 31.4 Å². The molecule has 2 aromatic heterocycles. The van der Waals surface area contributed by atoms with E-state index >= 15 is 0 Å². The Morgan fingerprint density at radius 1 is 1.29 bits per heavy atom. The molecule has 21 heavy (non-hydrogen) atoms. The van der Waals surface area contributed by atoms with Crippen molar-refractivity contribution in [3.63, 3.8) is 0 Å². The number of nitrogens with one attached hydrogen (secondary N) is 1. The van der Waals surface area contributed by atoms with Crippen molar-refractivity contribution >= 4 is 39.2 Å². The maximum absolute atomic E-state index is 11.8. The maximum Gasteiger partial charge on any atom is 0.322 e. The SMILES string of the molecule is O=C(Cc1cccs1)Nc1nnc(-c2cccc(Br)c2)o1. The van der Waals surface area contributed by atoms with Crippen LogP contribution in [-0.2, 0) is 11.2 Å². The fourth-order valence-electron chi connectivity index (χ4n) is 1.75. The Hall–Kier alpha value is -1.99. The van der Waals surface area contributed by atoms with E-state index in [1.54, 1.807) is 0 Å². The third-order valence-corrected chi connectivity index (χ3v) is 4.03. The van der Waals surface area contributed by atoms with Gasteiger partial charge >= 0.3 is 6.01 Å². The van der Waals surface area contributed by atoms with Gasteiger partial charge in [0, 0.05) is 14.9 Å². The number of amides is 1. The van der Waals surface area contributed by atoms with E-state index in [0.29, 0.717) is 12.3 Å². The maximum atomic E-state index is 11.8. The third kappa shape index (κ3) is 3.56. The van der Waals surface area contributed by atoms with E-state index < -0.39 is 0 Å². The third-order valence-electron chi connectivity index (χ3n) is 2.66. The fourth-order valence-corrected chi connectivity index (χ4v) is 2.85. The number of carbonyl (C=O) groups excluding carboxylic acids is 1. The van der Waals surface area contributed by atoms with E-state index in [1.807, 2.05) is 41.8 Å². The summed E-state index contributed by atoms with van der Waals surface area (Å²) in [4.78, 5) is 12.8. The number of hydrogen-bond acceptors (Lipinski definition) is 5. The lowest BCUT2D eigenvalue weighted by Crippen LogP contribution is -2.13. The summed E-state index contributed by atoms with van der Waals surface area (Å²) in [5.41, 5.74) is 0.788. The van der Waals surface area contributed by atoms with Crippen LogP contribution in [0.4, 0.5) is 6.01 Å². The molecule has 3 rings (SSSR count). The van der Waals surface area contributed by atoms with Crippen LogP contribution < -0.4 is 5.32 Å². The molecule has 0 unspecified atom stereocenters. The van der Waals surface area contributed by atoms with Gasteiger partial charge in [-0.3, -0.25) is 10.1 Å². The Morgan fingerprint density at radius 2 is 2.19 bits per heavy atom. The molecule has 0 radical (unpaired) electrons. The van der Waals surface area contributed by atoms with Crippen molar-refractivity contribution in [1.29, 1.82) is 0 Å². The Kier molecular flexibility index (Phi) is 4.12. The van der Waals surface area contributed by atoms with E-state index in [1.165, 1.54) is 11.3 Å². The molecule has 0 aliphatic rings. The van der Waals surface area contributed by atoms with Crippen molar-refractivity contribution in [3.8, 4) is 11.5 Å². The van der Waals surface area contributed by atoms with Gasteiger partial charge in [-0.1, -0.05) is 33.2 Å². The van der Waals surface area contributed by atoms with E-state index in [0.717, 1.165) is 14.9 Å². The van der Waals surface area contributed by atoms with Crippen molar-refractivity contribution in [2.45, 2.75) is 6.42 Å². The number of hydrogen-bond donors (Lipinski definition) is 1. The van der Waals surface area contributed by atoms with Crippen LogP contribution in [-0.4, -0.2) is 16.1 Å². The molecule has 0 aliphatic carbocycles. The van der Waals surface area contributed by atoms with Crippen LogP contribution in [0.25, 0.3) is 11.5 Å². The molecule has 0 saturated carbocycles. The zero-order valence-electron chi connectivity index (χ0n) is 10.7. The van der Waals surface area contributed by atoms with Crippen LogP contribution in [0.5, 0.6) is 0 Å². The minimum absolute atomic E-state index is 0.103. The van der Waals surface area contributed by atoms with Crippen LogP contribution in [0.1, 0.15) is 4.88 Å². The lowest BCUT2D eigenvalue weighted by atomic mass is 10.2. The molecular weight excluding hydrogens is 354 g/mol. The highest BCUT2D eigenvalue weighted by Gasteiger charge is 2.12. The van der Waals surface area contributed by atoms with Gasteiger partial charge in [-0.2, -0.15) is 0 Å². The largest absolute Gasteiger partial charge is 0.403 e. The van der Waals surface area contributed by atoms with Crippen molar-refractivity contribution in [3.05, 3.63) is 51.1 Å². The summed E-state index contributed by atoms with van der Waals surface area (Å²) in [6.45, 7) is 0. The highest BCUT2D eigenvalue weighted by Crippen LogP contribution is 2.23. The summed E-state index contributed by atoms with van der Waals surface area (Å²) in [5, 5.41) is 12.3. The average Bonchev–Trinajstić information content (AvgIpc) is 3.10. The van der Waals surface area contributed by atoms with Gasteiger partial charge in [0.05, 0.1) is 6.42 Å². The summed E-state index contributed by atoms with van der Waals surface area (Å²) >= 11 is 4.91. The zero-order valence-corrected chi connectivity index (χ0v) is 13.1. The Bertz CT molecular complexity index is 755. The number of thiophene rings is 1. The molecule has 7 heteroatoms. The summed E-state index contributed by atoms with van der Waals surface area (Å²) in [5.74, 6) is 0.185.